The molecule has 180 valence electrons. The third-order valence-corrected chi connectivity index (χ3v) is 7.22. The second-order valence-electron chi connectivity index (χ2n) is 9.96. The predicted molar refractivity (Wildman–Crippen MR) is 134 cm³/mol. The summed E-state index contributed by atoms with van der Waals surface area (Å²) in [4.78, 5) is 33.5. The molecule has 1 saturated heterocycles. The van der Waals surface area contributed by atoms with Gasteiger partial charge < -0.3 is 15.0 Å². The van der Waals surface area contributed by atoms with Crippen molar-refractivity contribution in [2.24, 2.45) is 5.41 Å². The molecule has 0 bridgehead atoms. The van der Waals surface area contributed by atoms with Crippen LogP contribution in [-0.2, 0) is 11.2 Å². The molecular formula is C28H35N3O3. The van der Waals surface area contributed by atoms with Gasteiger partial charge in [-0.25, -0.2) is 4.79 Å². The van der Waals surface area contributed by atoms with Gasteiger partial charge in [-0.05, 0) is 55.2 Å². The molecule has 6 nitrogen and oxygen atoms in total. The average molecular weight is 462 g/mol. The van der Waals surface area contributed by atoms with Crippen molar-refractivity contribution in [1.29, 1.82) is 0 Å². The number of likely N-dealkylation sites (tertiary alicyclic amines) is 1. The number of urea groups is 1. The Balaban J connectivity index is 1.65. The summed E-state index contributed by atoms with van der Waals surface area (Å²) in [5, 5.41) is 3.27. The Bertz CT molecular complexity index is 1020. The molecule has 1 aromatic heterocycles. The number of hydrogen-bond donors (Lipinski definition) is 1. The SMILES string of the molecule is COc1ccc(CC2N(C(=O)NC3CCCCC3)C/C(=C\c3ccccn3)C(=O)C2(C)C)cc1. The van der Waals surface area contributed by atoms with Gasteiger partial charge in [-0.2, -0.15) is 0 Å². The first-order chi connectivity index (χ1) is 16.4. The van der Waals surface area contributed by atoms with Gasteiger partial charge in [-0.1, -0.05) is 51.3 Å². The van der Waals surface area contributed by atoms with Crippen molar-refractivity contribution in [3.8, 4) is 5.75 Å². The number of rotatable bonds is 5. The van der Waals surface area contributed by atoms with Crippen molar-refractivity contribution in [1.82, 2.24) is 15.2 Å². The van der Waals surface area contributed by atoms with Crippen molar-refractivity contribution in [2.45, 2.75) is 64.5 Å². The highest BCUT2D eigenvalue weighted by Gasteiger charge is 2.47. The van der Waals surface area contributed by atoms with Gasteiger partial charge in [0.2, 0.25) is 0 Å². The number of benzene rings is 1. The number of nitrogens with zero attached hydrogens (tertiary/aromatic N) is 2. The molecule has 1 saturated carbocycles. The molecule has 1 aromatic carbocycles. The molecule has 1 aliphatic heterocycles. The third kappa shape index (κ3) is 5.32. The number of piperidine rings is 1. The first-order valence-corrected chi connectivity index (χ1v) is 12.2. The zero-order chi connectivity index (χ0) is 24.1. The molecule has 1 N–H and O–H groups in total. The molecule has 2 fully saturated rings. The van der Waals surface area contributed by atoms with Gasteiger partial charge in [0.05, 0.1) is 25.4 Å². The number of methoxy groups -OCH3 is 1. The van der Waals surface area contributed by atoms with Crippen LogP contribution in [0.25, 0.3) is 6.08 Å². The Morgan fingerprint density at radius 3 is 2.53 bits per heavy atom. The topological polar surface area (TPSA) is 71.5 Å². The zero-order valence-corrected chi connectivity index (χ0v) is 20.4. The van der Waals surface area contributed by atoms with Crippen LogP contribution in [0.2, 0.25) is 0 Å². The van der Waals surface area contributed by atoms with Gasteiger partial charge >= 0.3 is 6.03 Å². The van der Waals surface area contributed by atoms with Gasteiger partial charge in [-0.3, -0.25) is 9.78 Å². The van der Waals surface area contributed by atoms with Gasteiger partial charge in [0, 0.05) is 23.2 Å². The molecule has 1 atom stereocenters. The van der Waals surface area contributed by atoms with E-state index < -0.39 is 5.41 Å². The number of nitrogens with one attached hydrogen (secondary N) is 1. The lowest BCUT2D eigenvalue weighted by molar-refractivity contribution is -0.128. The molecule has 0 radical (unpaired) electrons. The fourth-order valence-corrected chi connectivity index (χ4v) is 5.14. The molecule has 2 aromatic rings. The fourth-order valence-electron chi connectivity index (χ4n) is 5.14. The molecule has 6 heteroatoms. The van der Waals surface area contributed by atoms with E-state index in [1.54, 1.807) is 13.3 Å². The minimum atomic E-state index is -0.747. The summed E-state index contributed by atoms with van der Waals surface area (Å²) < 4.78 is 5.29. The van der Waals surface area contributed by atoms with E-state index in [-0.39, 0.29) is 30.4 Å². The van der Waals surface area contributed by atoms with Crippen LogP contribution in [-0.4, -0.2) is 47.4 Å². The Morgan fingerprint density at radius 2 is 1.88 bits per heavy atom. The van der Waals surface area contributed by atoms with Gasteiger partial charge in [-0.15, -0.1) is 0 Å². The van der Waals surface area contributed by atoms with Crippen molar-refractivity contribution >= 4 is 17.9 Å². The van der Waals surface area contributed by atoms with E-state index in [0.717, 1.165) is 42.7 Å². The summed E-state index contributed by atoms with van der Waals surface area (Å²) in [5.74, 6) is 0.855. The van der Waals surface area contributed by atoms with E-state index in [4.69, 9.17) is 4.74 Å². The van der Waals surface area contributed by atoms with Crippen LogP contribution in [0.4, 0.5) is 4.79 Å². The first-order valence-electron chi connectivity index (χ1n) is 12.2. The normalized spacial score (nSPS) is 22.0. The average Bonchev–Trinajstić information content (AvgIpc) is 2.85. The minimum Gasteiger partial charge on any atom is -0.497 e. The number of carbonyl (C=O) groups excluding carboxylic acids is 2. The molecule has 1 aliphatic carbocycles. The Hall–Kier alpha value is -3.15. The number of hydrogen-bond acceptors (Lipinski definition) is 4. The van der Waals surface area contributed by atoms with Crippen molar-refractivity contribution in [3.05, 3.63) is 65.5 Å². The minimum absolute atomic E-state index is 0.0679. The maximum atomic E-state index is 13.6. The van der Waals surface area contributed by atoms with Crippen LogP contribution in [0.15, 0.2) is 54.2 Å². The number of pyridine rings is 1. The van der Waals surface area contributed by atoms with E-state index >= 15 is 0 Å². The summed E-state index contributed by atoms with van der Waals surface area (Å²) in [6, 6.07) is 13.3. The highest BCUT2D eigenvalue weighted by molar-refractivity contribution is 6.05. The summed E-state index contributed by atoms with van der Waals surface area (Å²) >= 11 is 0. The number of ether oxygens (including phenoxy) is 1. The highest BCUT2D eigenvalue weighted by Crippen LogP contribution is 2.37. The largest absolute Gasteiger partial charge is 0.497 e. The monoisotopic (exact) mass is 461 g/mol. The van der Waals surface area contributed by atoms with Gasteiger partial charge in [0.25, 0.3) is 0 Å². The highest BCUT2D eigenvalue weighted by atomic mass is 16.5. The first kappa shape index (κ1) is 24.0. The van der Waals surface area contributed by atoms with Crippen molar-refractivity contribution in [2.75, 3.05) is 13.7 Å². The molecular weight excluding hydrogens is 426 g/mol. The Morgan fingerprint density at radius 1 is 1.15 bits per heavy atom. The smallest absolute Gasteiger partial charge is 0.318 e. The molecule has 4 rings (SSSR count). The van der Waals surface area contributed by atoms with Crippen LogP contribution in [0, 0.1) is 5.41 Å². The molecule has 2 amide bonds. The van der Waals surface area contributed by atoms with Crippen LogP contribution in [0.5, 0.6) is 5.75 Å². The lowest BCUT2D eigenvalue weighted by Gasteiger charge is -2.46. The maximum Gasteiger partial charge on any atom is 0.318 e. The predicted octanol–water partition coefficient (Wildman–Crippen LogP) is 5.04. The summed E-state index contributed by atoms with van der Waals surface area (Å²) in [6.07, 6.45) is 9.69. The molecule has 34 heavy (non-hydrogen) atoms. The Kier molecular flexibility index (Phi) is 7.35. The second-order valence-corrected chi connectivity index (χ2v) is 9.96. The number of amides is 2. The van der Waals surface area contributed by atoms with E-state index in [1.807, 2.05) is 67.3 Å². The number of ketones is 1. The Labute approximate surface area is 202 Å². The van der Waals surface area contributed by atoms with Crippen LogP contribution < -0.4 is 10.1 Å². The summed E-state index contributed by atoms with van der Waals surface area (Å²) in [7, 11) is 1.64. The zero-order valence-electron chi connectivity index (χ0n) is 20.4. The maximum absolute atomic E-state index is 13.6. The lowest BCUT2D eigenvalue weighted by Crippen LogP contribution is -2.61. The van der Waals surface area contributed by atoms with E-state index in [2.05, 4.69) is 10.3 Å². The number of aromatic nitrogens is 1. The van der Waals surface area contributed by atoms with E-state index in [0.29, 0.717) is 12.0 Å². The lowest BCUT2D eigenvalue weighted by atomic mass is 9.71. The standard InChI is InChI=1S/C28H35N3O3/c1-28(2)25(17-20-12-14-24(34-3)15-13-20)31(27(33)30-22-9-5-4-6-10-22)19-21(26(28)32)18-23-11-7-8-16-29-23/h7-8,11-16,18,22,25H,4-6,9-10,17,19H2,1-3H3,(H,30,33)/b21-18+. The van der Waals surface area contributed by atoms with Crippen molar-refractivity contribution < 1.29 is 14.3 Å². The number of Topliss-reactive ketones (excluding diaryl/α,β-unsaturated/α-hetero) is 1. The quantitative estimate of drug-likeness (QED) is 0.634. The molecule has 1 unspecified atom stereocenters. The molecule has 2 heterocycles. The van der Waals surface area contributed by atoms with Gasteiger partial charge in [0.15, 0.2) is 5.78 Å². The van der Waals surface area contributed by atoms with Crippen LogP contribution in [0.1, 0.15) is 57.2 Å². The third-order valence-electron chi connectivity index (χ3n) is 7.22. The van der Waals surface area contributed by atoms with Gasteiger partial charge in [0.1, 0.15) is 5.75 Å². The van der Waals surface area contributed by atoms with Crippen LogP contribution >= 0.6 is 0 Å². The number of carbonyl (C=O) groups is 2. The molecule has 2 aliphatic rings. The fraction of sp³-hybridized carbons (Fsp3) is 0.464. The van der Waals surface area contributed by atoms with E-state index in [9.17, 15) is 9.59 Å². The summed E-state index contributed by atoms with van der Waals surface area (Å²) in [5.41, 5.74) is 1.67. The van der Waals surface area contributed by atoms with Crippen LogP contribution in [0.3, 0.4) is 0 Å². The van der Waals surface area contributed by atoms with Crippen molar-refractivity contribution in [3.63, 3.8) is 0 Å². The van der Waals surface area contributed by atoms with E-state index in [1.165, 1.54) is 6.42 Å². The molecule has 0 spiro atoms. The summed E-state index contributed by atoms with van der Waals surface area (Å²) in [6.45, 7) is 4.18. The second kappa shape index (κ2) is 10.4.